The summed E-state index contributed by atoms with van der Waals surface area (Å²) in [5.74, 6) is 1.66. The first kappa shape index (κ1) is 19.2. The lowest BCUT2D eigenvalue weighted by atomic mass is 10.1. The van der Waals surface area contributed by atoms with Crippen LogP contribution in [0.4, 0.5) is 0 Å². The van der Waals surface area contributed by atoms with Gasteiger partial charge in [-0.05, 0) is 37.1 Å². The van der Waals surface area contributed by atoms with Crippen LogP contribution in [0.2, 0.25) is 0 Å². The molecule has 3 rings (SSSR count). The summed E-state index contributed by atoms with van der Waals surface area (Å²) in [5, 5.41) is 0. The van der Waals surface area contributed by atoms with Crippen molar-refractivity contribution in [1.82, 2.24) is 9.80 Å². The van der Waals surface area contributed by atoms with Crippen LogP contribution in [0.5, 0.6) is 11.5 Å². The highest BCUT2D eigenvalue weighted by Crippen LogP contribution is 2.27. The topological polar surface area (TPSA) is 42.0 Å². The quantitative estimate of drug-likeness (QED) is 0.753. The molecule has 5 nitrogen and oxygen atoms in total. The second-order valence-corrected chi connectivity index (χ2v) is 6.96. The number of rotatable bonds is 7. The normalized spacial score (nSPS) is 17.8. The van der Waals surface area contributed by atoms with Crippen LogP contribution in [-0.2, 0) is 11.3 Å². The van der Waals surface area contributed by atoms with E-state index >= 15 is 0 Å². The zero-order valence-corrected chi connectivity index (χ0v) is 16.4. The van der Waals surface area contributed by atoms with Crippen molar-refractivity contribution in [3.05, 3.63) is 59.7 Å². The van der Waals surface area contributed by atoms with Crippen LogP contribution in [0.1, 0.15) is 18.1 Å². The first-order chi connectivity index (χ1) is 13.1. The van der Waals surface area contributed by atoms with Crippen molar-refractivity contribution in [3.63, 3.8) is 0 Å². The Morgan fingerprint density at radius 1 is 1.07 bits per heavy atom. The lowest BCUT2D eigenvalue weighted by Crippen LogP contribution is -2.56. The maximum atomic E-state index is 12.7. The maximum Gasteiger partial charge on any atom is 0.239 e. The molecular formula is C22H28N2O3. The van der Waals surface area contributed by atoms with E-state index in [4.69, 9.17) is 9.47 Å². The third-order valence-electron chi connectivity index (χ3n) is 5.05. The van der Waals surface area contributed by atoms with Crippen LogP contribution in [0.15, 0.2) is 48.5 Å². The maximum absolute atomic E-state index is 12.7. The second-order valence-electron chi connectivity index (χ2n) is 6.96. The average Bonchev–Trinajstić information content (AvgIpc) is 2.69. The fraction of sp³-hybridized carbons (Fsp3) is 0.409. The molecule has 1 aliphatic rings. The Kier molecular flexibility index (Phi) is 6.35. The molecule has 1 amide bonds. The molecule has 0 saturated carbocycles. The van der Waals surface area contributed by atoms with Gasteiger partial charge in [-0.25, -0.2) is 0 Å². The summed E-state index contributed by atoms with van der Waals surface area (Å²) in [4.78, 5) is 16.9. The van der Waals surface area contributed by atoms with E-state index in [1.165, 1.54) is 5.56 Å². The first-order valence-corrected chi connectivity index (χ1v) is 9.42. The van der Waals surface area contributed by atoms with Crippen molar-refractivity contribution in [2.24, 2.45) is 0 Å². The summed E-state index contributed by atoms with van der Waals surface area (Å²) in [6.07, 6.45) is 0. The van der Waals surface area contributed by atoms with Crippen molar-refractivity contribution >= 4 is 5.91 Å². The van der Waals surface area contributed by atoms with Crippen molar-refractivity contribution in [1.29, 1.82) is 0 Å². The van der Waals surface area contributed by atoms with Gasteiger partial charge in [0.15, 0.2) is 11.5 Å². The number of ether oxygens (including phenoxy) is 2. The predicted octanol–water partition coefficient (Wildman–Crippen LogP) is 3.12. The minimum Gasteiger partial charge on any atom is -0.493 e. The molecule has 1 saturated heterocycles. The molecule has 1 fully saturated rings. The largest absolute Gasteiger partial charge is 0.493 e. The summed E-state index contributed by atoms with van der Waals surface area (Å²) in [5.41, 5.74) is 2.30. The average molecular weight is 368 g/mol. The molecule has 0 N–H and O–H groups in total. The van der Waals surface area contributed by atoms with Gasteiger partial charge in [0.1, 0.15) is 6.61 Å². The van der Waals surface area contributed by atoms with E-state index in [1.54, 1.807) is 7.11 Å². The van der Waals surface area contributed by atoms with Gasteiger partial charge in [-0.2, -0.15) is 0 Å². The predicted molar refractivity (Wildman–Crippen MR) is 106 cm³/mol. The van der Waals surface area contributed by atoms with Crippen LogP contribution in [0.25, 0.3) is 0 Å². The molecule has 5 heteroatoms. The number of piperazine rings is 1. The fourth-order valence-electron chi connectivity index (χ4n) is 3.41. The molecule has 1 heterocycles. The Balaban J connectivity index is 1.52. The van der Waals surface area contributed by atoms with Gasteiger partial charge < -0.3 is 14.4 Å². The van der Waals surface area contributed by atoms with Gasteiger partial charge in [-0.15, -0.1) is 0 Å². The van der Waals surface area contributed by atoms with Gasteiger partial charge in [0.25, 0.3) is 0 Å². The minimum absolute atomic E-state index is 0.133. The van der Waals surface area contributed by atoms with Crippen LogP contribution < -0.4 is 9.47 Å². The second kappa shape index (κ2) is 8.91. The van der Waals surface area contributed by atoms with Gasteiger partial charge in [-0.3, -0.25) is 9.69 Å². The summed E-state index contributed by atoms with van der Waals surface area (Å²) in [7, 11) is 1.65. The molecule has 0 aliphatic carbocycles. The molecule has 0 unspecified atom stereocenters. The van der Waals surface area contributed by atoms with E-state index in [0.717, 1.165) is 30.2 Å². The van der Waals surface area contributed by atoms with Crippen molar-refractivity contribution in [2.75, 3.05) is 33.4 Å². The Labute approximate surface area is 161 Å². The van der Waals surface area contributed by atoms with Crippen molar-refractivity contribution in [2.45, 2.75) is 26.4 Å². The van der Waals surface area contributed by atoms with E-state index in [1.807, 2.05) is 55.1 Å². The Morgan fingerprint density at radius 2 is 1.85 bits per heavy atom. The molecule has 0 bridgehead atoms. The van der Waals surface area contributed by atoms with E-state index in [-0.39, 0.29) is 11.9 Å². The zero-order valence-electron chi connectivity index (χ0n) is 16.4. The standard InChI is InChI=1S/C22H28N2O3/c1-17-9-10-20(21(15-17)26-3)27-14-13-23-11-12-24(22(25)18(23)2)16-19-7-5-4-6-8-19/h4-10,15,18H,11-14,16H2,1-3H3/t18-/m0/s1. The lowest BCUT2D eigenvalue weighted by Gasteiger charge is -2.39. The van der Waals surface area contributed by atoms with Gasteiger partial charge in [0.05, 0.1) is 13.2 Å². The van der Waals surface area contributed by atoms with Gasteiger partial charge in [0.2, 0.25) is 5.91 Å². The smallest absolute Gasteiger partial charge is 0.239 e. The molecule has 0 aromatic heterocycles. The third kappa shape index (κ3) is 4.80. The number of benzene rings is 2. The van der Waals surface area contributed by atoms with E-state index in [0.29, 0.717) is 19.7 Å². The van der Waals surface area contributed by atoms with Gasteiger partial charge in [0, 0.05) is 26.2 Å². The van der Waals surface area contributed by atoms with Crippen LogP contribution in [0, 0.1) is 6.92 Å². The first-order valence-electron chi connectivity index (χ1n) is 9.42. The molecule has 144 valence electrons. The molecule has 1 atom stereocenters. The number of carbonyl (C=O) groups excluding carboxylic acids is 1. The molecule has 27 heavy (non-hydrogen) atoms. The van der Waals surface area contributed by atoms with Crippen LogP contribution in [-0.4, -0.2) is 55.1 Å². The van der Waals surface area contributed by atoms with E-state index in [2.05, 4.69) is 17.0 Å². The molecule has 0 spiro atoms. The molecular weight excluding hydrogens is 340 g/mol. The lowest BCUT2D eigenvalue weighted by molar-refractivity contribution is -0.141. The number of methoxy groups -OCH3 is 1. The molecule has 2 aromatic rings. The molecule has 1 aliphatic heterocycles. The number of carbonyl (C=O) groups is 1. The van der Waals surface area contributed by atoms with Crippen molar-refractivity contribution in [3.8, 4) is 11.5 Å². The number of nitrogens with zero attached hydrogens (tertiary/aromatic N) is 2. The number of amides is 1. The van der Waals surface area contributed by atoms with E-state index < -0.39 is 0 Å². The summed E-state index contributed by atoms with van der Waals surface area (Å²) >= 11 is 0. The summed E-state index contributed by atoms with van der Waals surface area (Å²) < 4.78 is 11.3. The minimum atomic E-state index is -0.133. The van der Waals surface area contributed by atoms with Crippen LogP contribution >= 0.6 is 0 Å². The number of hydrogen-bond acceptors (Lipinski definition) is 4. The number of aryl methyl sites for hydroxylation is 1. The molecule has 2 aromatic carbocycles. The summed E-state index contributed by atoms with van der Waals surface area (Å²) in [6, 6.07) is 15.9. The summed E-state index contributed by atoms with van der Waals surface area (Å²) in [6.45, 7) is 7.51. The highest BCUT2D eigenvalue weighted by molar-refractivity contribution is 5.82. The van der Waals surface area contributed by atoms with Gasteiger partial charge in [-0.1, -0.05) is 36.4 Å². The van der Waals surface area contributed by atoms with E-state index in [9.17, 15) is 4.79 Å². The fourth-order valence-corrected chi connectivity index (χ4v) is 3.41. The third-order valence-corrected chi connectivity index (χ3v) is 5.05. The van der Waals surface area contributed by atoms with Crippen molar-refractivity contribution < 1.29 is 14.3 Å². The Bertz CT molecular complexity index is 763. The monoisotopic (exact) mass is 368 g/mol. The molecule has 0 radical (unpaired) electrons. The number of hydrogen-bond donors (Lipinski definition) is 0. The Morgan fingerprint density at radius 3 is 2.59 bits per heavy atom. The highest BCUT2D eigenvalue weighted by atomic mass is 16.5. The zero-order chi connectivity index (χ0) is 19.2. The van der Waals surface area contributed by atoms with Crippen LogP contribution in [0.3, 0.4) is 0 Å². The highest BCUT2D eigenvalue weighted by Gasteiger charge is 2.31. The van der Waals surface area contributed by atoms with Gasteiger partial charge >= 0.3 is 0 Å². The Hall–Kier alpha value is -2.53. The SMILES string of the molecule is COc1cc(C)ccc1OCCN1CCN(Cc2ccccc2)C(=O)[C@@H]1C.